The van der Waals surface area contributed by atoms with Crippen molar-refractivity contribution in [1.82, 2.24) is 9.88 Å². The monoisotopic (exact) mass is 394 g/mol. The van der Waals surface area contributed by atoms with Gasteiger partial charge in [-0.1, -0.05) is 36.4 Å². The summed E-state index contributed by atoms with van der Waals surface area (Å²) in [4.78, 5) is 30.7. The number of carbonyl (C=O) groups excluding carboxylic acids is 1. The highest BCUT2D eigenvalue weighted by Crippen LogP contribution is 2.31. The van der Waals surface area contributed by atoms with Crippen molar-refractivity contribution in [2.24, 2.45) is 0 Å². The van der Waals surface area contributed by atoms with Gasteiger partial charge in [0.2, 0.25) is 5.91 Å². The molecule has 1 aliphatic heterocycles. The van der Waals surface area contributed by atoms with Crippen molar-refractivity contribution in [2.75, 3.05) is 6.54 Å². The first-order valence-electron chi connectivity index (χ1n) is 9.58. The summed E-state index contributed by atoms with van der Waals surface area (Å²) < 4.78 is 1.19. The topological polar surface area (TPSA) is 70.5 Å². The van der Waals surface area contributed by atoms with Crippen LogP contribution in [0, 0.1) is 0 Å². The highest BCUT2D eigenvalue weighted by molar-refractivity contribution is 7.18. The summed E-state index contributed by atoms with van der Waals surface area (Å²) >= 11 is 1.70. The highest BCUT2D eigenvalue weighted by atomic mass is 32.1. The van der Waals surface area contributed by atoms with Gasteiger partial charge in [-0.25, -0.2) is 9.78 Å². The van der Waals surface area contributed by atoms with Gasteiger partial charge < -0.3 is 10.0 Å². The standard InChI is InChI=1S/C22H22N2O3S/c25-20(12-6-5-11-19-23-17-9-3-4-10-18(17)28-19)24-14-13-15-7-1-2-8-16(15)21(24)22(26)27/h1-4,7-10,21H,5-6,11-14H2,(H,26,27). The molecule has 5 nitrogen and oxygen atoms in total. The summed E-state index contributed by atoms with van der Waals surface area (Å²) in [5.41, 5.74) is 2.79. The number of aromatic nitrogens is 1. The van der Waals surface area contributed by atoms with E-state index in [9.17, 15) is 14.7 Å². The third kappa shape index (κ3) is 3.78. The Bertz CT molecular complexity index is 981. The highest BCUT2D eigenvalue weighted by Gasteiger charge is 2.35. The summed E-state index contributed by atoms with van der Waals surface area (Å²) in [6, 6.07) is 14.7. The number of nitrogens with zero attached hydrogens (tertiary/aromatic N) is 2. The van der Waals surface area contributed by atoms with E-state index in [2.05, 4.69) is 11.1 Å². The van der Waals surface area contributed by atoms with Gasteiger partial charge in [0.15, 0.2) is 6.04 Å². The molecule has 1 unspecified atom stereocenters. The minimum absolute atomic E-state index is 0.0776. The first-order chi connectivity index (χ1) is 13.6. The molecule has 0 fully saturated rings. The van der Waals surface area contributed by atoms with Crippen molar-refractivity contribution in [2.45, 2.75) is 38.1 Å². The van der Waals surface area contributed by atoms with Crippen LogP contribution in [0.25, 0.3) is 10.2 Å². The number of para-hydroxylation sites is 1. The summed E-state index contributed by atoms with van der Waals surface area (Å²) in [6.45, 7) is 0.463. The van der Waals surface area contributed by atoms with Crippen molar-refractivity contribution in [3.63, 3.8) is 0 Å². The third-order valence-electron chi connectivity index (χ3n) is 5.21. The zero-order valence-corrected chi connectivity index (χ0v) is 16.3. The maximum absolute atomic E-state index is 12.7. The number of amides is 1. The molecule has 0 aliphatic carbocycles. The summed E-state index contributed by atoms with van der Waals surface area (Å²) in [6.07, 6.45) is 3.53. The van der Waals surface area contributed by atoms with Crippen LogP contribution in [0.3, 0.4) is 0 Å². The molecule has 28 heavy (non-hydrogen) atoms. The first kappa shape index (κ1) is 18.6. The smallest absolute Gasteiger partial charge is 0.331 e. The maximum atomic E-state index is 12.7. The van der Waals surface area contributed by atoms with Crippen LogP contribution in [0.15, 0.2) is 48.5 Å². The van der Waals surface area contributed by atoms with Gasteiger partial charge in [-0.05, 0) is 48.9 Å². The molecule has 0 spiro atoms. The van der Waals surface area contributed by atoms with Gasteiger partial charge in [-0.2, -0.15) is 0 Å². The van der Waals surface area contributed by atoms with Gasteiger partial charge in [0.05, 0.1) is 15.2 Å². The number of carboxylic acid groups (broad SMARTS) is 1. The molecule has 6 heteroatoms. The predicted molar refractivity (Wildman–Crippen MR) is 109 cm³/mol. The normalized spacial score (nSPS) is 16.1. The second kappa shape index (κ2) is 8.10. The third-order valence-corrected chi connectivity index (χ3v) is 6.30. The number of benzene rings is 2. The largest absolute Gasteiger partial charge is 0.479 e. The molecule has 1 aromatic heterocycles. The van der Waals surface area contributed by atoms with Crippen molar-refractivity contribution in [1.29, 1.82) is 0 Å². The number of unbranched alkanes of at least 4 members (excludes halogenated alkanes) is 1. The second-order valence-electron chi connectivity index (χ2n) is 7.06. The summed E-state index contributed by atoms with van der Waals surface area (Å²) in [5.74, 6) is -1.04. The van der Waals surface area contributed by atoms with Gasteiger partial charge in [-0.3, -0.25) is 4.79 Å². The quantitative estimate of drug-likeness (QED) is 0.636. The van der Waals surface area contributed by atoms with Crippen LogP contribution in [0.5, 0.6) is 0 Å². The average Bonchev–Trinajstić information content (AvgIpc) is 3.12. The van der Waals surface area contributed by atoms with Crippen molar-refractivity contribution >= 4 is 33.4 Å². The molecule has 0 radical (unpaired) electrons. The SMILES string of the molecule is O=C(O)C1c2ccccc2CCN1C(=O)CCCCc1nc2ccccc2s1. The molecule has 144 valence electrons. The summed E-state index contributed by atoms with van der Waals surface area (Å²) in [5, 5.41) is 10.8. The van der Waals surface area contributed by atoms with Gasteiger partial charge in [0.25, 0.3) is 0 Å². The number of carboxylic acids is 1. The lowest BCUT2D eigenvalue weighted by Gasteiger charge is -2.34. The molecule has 2 heterocycles. The number of hydrogen-bond acceptors (Lipinski definition) is 4. The molecule has 1 N–H and O–H groups in total. The van der Waals surface area contributed by atoms with E-state index in [-0.39, 0.29) is 5.91 Å². The zero-order chi connectivity index (χ0) is 19.5. The van der Waals surface area contributed by atoms with E-state index in [1.165, 1.54) is 9.60 Å². The van der Waals surface area contributed by atoms with Crippen molar-refractivity contribution in [3.05, 3.63) is 64.7 Å². The molecular formula is C22H22N2O3S. The van der Waals surface area contributed by atoms with Gasteiger partial charge in [-0.15, -0.1) is 11.3 Å². The van der Waals surface area contributed by atoms with Crippen molar-refractivity contribution in [3.8, 4) is 0 Å². The van der Waals surface area contributed by atoms with Crippen LogP contribution >= 0.6 is 11.3 Å². The fourth-order valence-corrected chi connectivity index (χ4v) is 4.83. The molecule has 2 aromatic carbocycles. The fraction of sp³-hybridized carbons (Fsp3) is 0.318. The minimum Gasteiger partial charge on any atom is -0.479 e. The molecule has 1 amide bonds. The Morgan fingerprint density at radius 2 is 1.89 bits per heavy atom. The summed E-state index contributed by atoms with van der Waals surface area (Å²) in [7, 11) is 0. The minimum atomic E-state index is -0.963. The fourth-order valence-electron chi connectivity index (χ4n) is 3.82. The number of thiazole rings is 1. The number of aryl methyl sites for hydroxylation is 1. The molecule has 1 atom stereocenters. The van der Waals surface area contributed by atoms with Crippen molar-refractivity contribution < 1.29 is 14.7 Å². The van der Waals surface area contributed by atoms with Crippen LogP contribution in [0.4, 0.5) is 0 Å². The van der Waals surface area contributed by atoms with Gasteiger partial charge >= 0.3 is 5.97 Å². The number of aliphatic carboxylic acids is 1. The van der Waals surface area contributed by atoms with Crippen LogP contribution < -0.4 is 0 Å². The van der Waals surface area contributed by atoms with Crippen LogP contribution in [0.2, 0.25) is 0 Å². The second-order valence-corrected chi connectivity index (χ2v) is 8.17. The van der Waals surface area contributed by atoms with Crippen LogP contribution in [0.1, 0.15) is 41.4 Å². The first-order valence-corrected chi connectivity index (χ1v) is 10.4. The lowest BCUT2D eigenvalue weighted by molar-refractivity contribution is -0.151. The van der Waals surface area contributed by atoms with Gasteiger partial charge in [0, 0.05) is 13.0 Å². The Hall–Kier alpha value is -2.73. The van der Waals surface area contributed by atoms with E-state index in [0.29, 0.717) is 19.4 Å². The van der Waals surface area contributed by atoms with E-state index in [4.69, 9.17) is 0 Å². The molecule has 4 rings (SSSR count). The lowest BCUT2D eigenvalue weighted by atomic mass is 9.92. The Morgan fingerprint density at radius 1 is 1.11 bits per heavy atom. The number of rotatable bonds is 6. The Kier molecular flexibility index (Phi) is 5.39. The Balaban J connectivity index is 1.35. The van der Waals surface area contributed by atoms with E-state index < -0.39 is 12.0 Å². The predicted octanol–water partition coefficient (Wildman–Crippen LogP) is 4.22. The Labute approximate surface area is 167 Å². The molecule has 3 aromatic rings. The maximum Gasteiger partial charge on any atom is 0.331 e. The number of carbonyl (C=O) groups is 2. The number of fused-ring (bicyclic) bond motifs is 2. The lowest BCUT2D eigenvalue weighted by Crippen LogP contribution is -2.43. The van der Waals surface area contributed by atoms with E-state index >= 15 is 0 Å². The molecule has 0 bridgehead atoms. The van der Waals surface area contributed by atoms with Crippen LogP contribution in [-0.2, 0) is 22.4 Å². The Morgan fingerprint density at radius 3 is 2.71 bits per heavy atom. The molecular weight excluding hydrogens is 372 g/mol. The molecule has 0 saturated carbocycles. The average molecular weight is 394 g/mol. The van der Waals surface area contributed by atoms with E-state index in [1.54, 1.807) is 11.3 Å². The van der Waals surface area contributed by atoms with E-state index in [0.717, 1.165) is 40.9 Å². The number of hydrogen-bond donors (Lipinski definition) is 1. The molecule has 1 aliphatic rings. The van der Waals surface area contributed by atoms with E-state index in [1.807, 2.05) is 42.5 Å². The molecule has 0 saturated heterocycles. The zero-order valence-electron chi connectivity index (χ0n) is 15.5. The van der Waals surface area contributed by atoms with Crippen LogP contribution in [-0.4, -0.2) is 33.4 Å². The van der Waals surface area contributed by atoms with Gasteiger partial charge in [0.1, 0.15) is 0 Å².